The Morgan fingerprint density at radius 1 is 1.34 bits per heavy atom. The average Bonchev–Trinajstić information content (AvgIpc) is 3.45. The van der Waals surface area contributed by atoms with E-state index in [9.17, 15) is 0 Å². The van der Waals surface area contributed by atoms with Crippen LogP contribution in [0.25, 0.3) is 11.0 Å². The summed E-state index contributed by atoms with van der Waals surface area (Å²) in [4.78, 5) is 14.4. The Balaban J connectivity index is 1.38. The minimum absolute atomic E-state index is 0.297. The van der Waals surface area contributed by atoms with Crippen LogP contribution < -0.4 is 15.4 Å². The fraction of sp³-hybridized carbons (Fsp3) is 0.280. The fourth-order valence-corrected chi connectivity index (χ4v) is 3.64. The number of H-pyrrole nitrogens is 1. The number of aromatic amines is 1. The summed E-state index contributed by atoms with van der Waals surface area (Å²) in [5, 5.41) is 7.62. The van der Waals surface area contributed by atoms with Gasteiger partial charge in [-0.2, -0.15) is 0 Å². The molecule has 3 N–H and O–H groups in total. The zero-order valence-electron chi connectivity index (χ0n) is 18.3. The van der Waals surface area contributed by atoms with Crippen LogP contribution in [-0.2, 0) is 0 Å². The van der Waals surface area contributed by atoms with Crippen LogP contribution in [0.15, 0.2) is 67.2 Å². The number of hydrogen-bond donors (Lipinski definition) is 3. The number of para-hydroxylation sites is 1. The number of anilines is 1. The molecule has 7 heteroatoms. The van der Waals surface area contributed by atoms with Gasteiger partial charge in [0.25, 0.3) is 0 Å². The molecule has 1 aliphatic rings. The van der Waals surface area contributed by atoms with Gasteiger partial charge in [0.1, 0.15) is 30.1 Å². The summed E-state index contributed by atoms with van der Waals surface area (Å²) < 4.78 is 5.63. The highest BCUT2D eigenvalue weighted by molar-refractivity contribution is 5.88. The van der Waals surface area contributed by atoms with Crippen LogP contribution in [0.2, 0.25) is 0 Å². The maximum atomic E-state index is 5.63. The van der Waals surface area contributed by atoms with E-state index >= 15 is 0 Å². The SMILES string of the molecule is C=C(/C=C/CNC)N1CCC(Nc2ncnc3[nH]c(C#CCOc4ccccc4)cc23)C1. The number of ether oxygens (including phenoxy) is 1. The summed E-state index contributed by atoms with van der Waals surface area (Å²) >= 11 is 0. The predicted octanol–water partition coefficient (Wildman–Crippen LogP) is 3.16. The monoisotopic (exact) mass is 428 g/mol. The van der Waals surface area contributed by atoms with Gasteiger partial charge in [-0.25, -0.2) is 9.97 Å². The Labute approximate surface area is 188 Å². The zero-order chi connectivity index (χ0) is 22.2. The molecule has 1 atom stereocenters. The molecule has 1 saturated heterocycles. The Hall–Kier alpha value is -3.76. The van der Waals surface area contributed by atoms with Gasteiger partial charge in [-0.05, 0) is 43.7 Å². The lowest BCUT2D eigenvalue weighted by Gasteiger charge is -2.19. The molecule has 0 saturated carbocycles. The first-order valence-corrected chi connectivity index (χ1v) is 10.7. The molecule has 0 radical (unpaired) electrons. The van der Waals surface area contributed by atoms with Crippen molar-refractivity contribution in [1.29, 1.82) is 0 Å². The second kappa shape index (κ2) is 10.5. The van der Waals surface area contributed by atoms with Gasteiger partial charge in [0.05, 0.1) is 11.1 Å². The van der Waals surface area contributed by atoms with Crippen molar-refractivity contribution in [2.45, 2.75) is 12.5 Å². The maximum absolute atomic E-state index is 5.63. The van der Waals surface area contributed by atoms with E-state index in [1.54, 1.807) is 6.33 Å². The first-order chi connectivity index (χ1) is 15.7. The molecule has 32 heavy (non-hydrogen) atoms. The quantitative estimate of drug-likeness (QED) is 0.378. The van der Waals surface area contributed by atoms with E-state index in [4.69, 9.17) is 4.74 Å². The number of likely N-dealkylation sites (N-methyl/N-ethyl adjacent to an activating group) is 1. The number of aromatic nitrogens is 3. The van der Waals surface area contributed by atoms with Gasteiger partial charge in [0.15, 0.2) is 0 Å². The lowest BCUT2D eigenvalue weighted by Crippen LogP contribution is -2.25. The maximum Gasteiger partial charge on any atom is 0.149 e. The van der Waals surface area contributed by atoms with Crippen molar-refractivity contribution >= 4 is 16.9 Å². The topological polar surface area (TPSA) is 78.1 Å². The highest BCUT2D eigenvalue weighted by Crippen LogP contribution is 2.24. The van der Waals surface area contributed by atoms with Crippen LogP contribution >= 0.6 is 0 Å². The molecule has 0 amide bonds. The highest BCUT2D eigenvalue weighted by atomic mass is 16.5. The predicted molar refractivity (Wildman–Crippen MR) is 129 cm³/mol. The average molecular weight is 429 g/mol. The van der Waals surface area contributed by atoms with Crippen molar-refractivity contribution in [3.63, 3.8) is 0 Å². The number of benzene rings is 1. The molecule has 0 aliphatic carbocycles. The molecule has 1 unspecified atom stereocenters. The fourth-order valence-electron chi connectivity index (χ4n) is 3.64. The molecule has 3 heterocycles. The third-order valence-corrected chi connectivity index (χ3v) is 5.27. The normalized spacial score (nSPS) is 15.7. The molecule has 1 aromatic carbocycles. The van der Waals surface area contributed by atoms with Crippen LogP contribution in [-0.4, -0.2) is 59.2 Å². The Morgan fingerprint density at radius 2 is 2.22 bits per heavy atom. The number of allylic oxidation sites excluding steroid dienone is 1. The summed E-state index contributed by atoms with van der Waals surface area (Å²) in [6, 6.07) is 11.9. The molecule has 164 valence electrons. The second-order valence-electron chi connectivity index (χ2n) is 7.60. The summed E-state index contributed by atoms with van der Waals surface area (Å²) in [6.07, 6.45) is 6.76. The number of fused-ring (bicyclic) bond motifs is 1. The van der Waals surface area contributed by atoms with E-state index in [1.807, 2.05) is 43.4 Å². The summed E-state index contributed by atoms with van der Waals surface area (Å²) in [5.74, 6) is 7.79. The van der Waals surface area contributed by atoms with E-state index in [0.717, 1.165) is 60.0 Å². The van der Waals surface area contributed by atoms with Crippen molar-refractivity contribution in [2.75, 3.05) is 38.6 Å². The van der Waals surface area contributed by atoms with Crippen LogP contribution in [0.1, 0.15) is 12.1 Å². The molecule has 0 bridgehead atoms. The van der Waals surface area contributed by atoms with E-state index in [-0.39, 0.29) is 0 Å². The number of nitrogens with one attached hydrogen (secondary N) is 3. The molecule has 4 rings (SSSR count). The highest BCUT2D eigenvalue weighted by Gasteiger charge is 2.23. The van der Waals surface area contributed by atoms with Crippen LogP contribution in [0.4, 0.5) is 5.82 Å². The van der Waals surface area contributed by atoms with Crippen molar-refractivity contribution in [3.8, 4) is 17.6 Å². The molecule has 1 fully saturated rings. The summed E-state index contributed by atoms with van der Waals surface area (Å²) in [5.41, 5.74) is 2.59. The summed E-state index contributed by atoms with van der Waals surface area (Å²) in [7, 11) is 1.93. The smallest absolute Gasteiger partial charge is 0.149 e. The third kappa shape index (κ3) is 5.48. The minimum Gasteiger partial charge on any atom is -0.481 e. The number of rotatable bonds is 8. The van der Waals surface area contributed by atoms with Crippen LogP contribution in [0, 0.1) is 11.8 Å². The van der Waals surface area contributed by atoms with Gasteiger partial charge >= 0.3 is 0 Å². The molecular formula is C25H28N6O. The Bertz CT molecular complexity index is 1140. The van der Waals surface area contributed by atoms with Crippen molar-refractivity contribution in [3.05, 3.63) is 72.8 Å². The lowest BCUT2D eigenvalue weighted by atomic mass is 10.2. The Kier molecular flexibility index (Phi) is 7.05. The first-order valence-electron chi connectivity index (χ1n) is 10.7. The van der Waals surface area contributed by atoms with Gasteiger partial charge in [0, 0.05) is 31.4 Å². The van der Waals surface area contributed by atoms with Crippen LogP contribution in [0.3, 0.4) is 0 Å². The Morgan fingerprint density at radius 3 is 3.06 bits per heavy atom. The van der Waals surface area contributed by atoms with Gasteiger partial charge in [0.2, 0.25) is 0 Å². The number of likely N-dealkylation sites (tertiary alicyclic amines) is 1. The number of hydrogen-bond acceptors (Lipinski definition) is 6. The van der Waals surface area contributed by atoms with Gasteiger partial charge < -0.3 is 25.3 Å². The van der Waals surface area contributed by atoms with Gasteiger partial charge in [-0.1, -0.05) is 36.8 Å². The lowest BCUT2D eigenvalue weighted by molar-refractivity contribution is 0.370. The van der Waals surface area contributed by atoms with Crippen molar-refractivity contribution < 1.29 is 4.74 Å². The minimum atomic E-state index is 0.297. The second-order valence-corrected chi connectivity index (χ2v) is 7.60. The molecule has 1 aliphatic heterocycles. The largest absolute Gasteiger partial charge is 0.481 e. The van der Waals surface area contributed by atoms with Gasteiger partial charge in [-0.3, -0.25) is 0 Å². The molecular weight excluding hydrogens is 400 g/mol. The molecule has 0 spiro atoms. The molecule has 2 aromatic heterocycles. The number of nitrogens with zero attached hydrogens (tertiary/aromatic N) is 3. The molecule has 7 nitrogen and oxygen atoms in total. The van der Waals surface area contributed by atoms with Gasteiger partial charge in [-0.15, -0.1) is 0 Å². The molecule has 3 aromatic rings. The van der Waals surface area contributed by atoms with E-state index in [0.29, 0.717) is 12.6 Å². The van der Waals surface area contributed by atoms with E-state index in [2.05, 4.69) is 61.1 Å². The van der Waals surface area contributed by atoms with E-state index in [1.165, 1.54) is 0 Å². The summed E-state index contributed by atoms with van der Waals surface area (Å²) in [6.45, 7) is 7.21. The first kappa shape index (κ1) is 21.5. The van der Waals surface area contributed by atoms with Crippen molar-refractivity contribution in [1.82, 2.24) is 25.2 Å². The zero-order valence-corrected chi connectivity index (χ0v) is 18.3. The third-order valence-electron chi connectivity index (χ3n) is 5.27. The standard InChI is InChI=1S/C25H28N6O/c1-19(8-6-13-26-2)31-14-12-21(17-31)30-25-23-16-20(29-24(23)27-18-28-25)9-7-15-32-22-10-4-3-5-11-22/h3-6,8,10-11,16,18,21,26H,1,12-15,17H2,2H3,(H2,27,28,29,30)/b8-6+. The van der Waals surface area contributed by atoms with Crippen molar-refractivity contribution in [2.24, 2.45) is 0 Å². The van der Waals surface area contributed by atoms with Crippen LogP contribution in [0.5, 0.6) is 5.75 Å². The van der Waals surface area contributed by atoms with E-state index < -0.39 is 0 Å².